The van der Waals surface area contributed by atoms with Gasteiger partial charge in [0, 0.05) is 0 Å². The van der Waals surface area contributed by atoms with E-state index in [0.717, 1.165) is 17.5 Å². The summed E-state index contributed by atoms with van der Waals surface area (Å²) in [5.41, 5.74) is 2.86. The highest BCUT2D eigenvalue weighted by Gasteiger charge is 2.12. The van der Waals surface area contributed by atoms with Gasteiger partial charge in [-0.2, -0.15) is 0 Å². The first-order valence-corrected chi connectivity index (χ1v) is 7.45. The van der Waals surface area contributed by atoms with Crippen molar-refractivity contribution < 1.29 is 5.11 Å². The molecule has 0 heterocycles. The summed E-state index contributed by atoms with van der Waals surface area (Å²) in [7, 11) is 0. The van der Waals surface area contributed by atoms with Crippen LogP contribution in [-0.2, 0) is 6.42 Å². The SMILES string of the molecule is CC(C)Cc1cccc(C(O)c2ccc(Cl)c(Cl)c2)c1. The van der Waals surface area contributed by atoms with Crippen LogP contribution in [0.2, 0.25) is 10.0 Å². The molecule has 0 aliphatic heterocycles. The second-order valence-electron chi connectivity index (χ2n) is 5.42. The Kier molecular flexibility index (Phi) is 5.09. The molecule has 0 aromatic heterocycles. The van der Waals surface area contributed by atoms with Crippen LogP contribution in [0.25, 0.3) is 0 Å². The van der Waals surface area contributed by atoms with Gasteiger partial charge in [0.05, 0.1) is 10.0 Å². The molecule has 0 aliphatic carbocycles. The highest BCUT2D eigenvalue weighted by Crippen LogP contribution is 2.29. The topological polar surface area (TPSA) is 20.2 Å². The number of benzene rings is 2. The van der Waals surface area contributed by atoms with Gasteiger partial charge in [-0.15, -0.1) is 0 Å². The van der Waals surface area contributed by atoms with E-state index < -0.39 is 6.10 Å². The van der Waals surface area contributed by atoms with Crippen LogP contribution in [-0.4, -0.2) is 5.11 Å². The fourth-order valence-electron chi connectivity index (χ4n) is 2.24. The highest BCUT2D eigenvalue weighted by molar-refractivity contribution is 6.42. The van der Waals surface area contributed by atoms with Crippen LogP contribution >= 0.6 is 23.2 Å². The molecule has 0 amide bonds. The molecule has 0 fully saturated rings. The van der Waals surface area contributed by atoms with Crippen LogP contribution in [0, 0.1) is 5.92 Å². The first-order valence-electron chi connectivity index (χ1n) is 6.69. The maximum atomic E-state index is 10.5. The Bertz CT molecular complexity index is 593. The van der Waals surface area contributed by atoms with Gasteiger partial charge in [0.15, 0.2) is 0 Å². The largest absolute Gasteiger partial charge is 0.384 e. The summed E-state index contributed by atoms with van der Waals surface area (Å²) in [5.74, 6) is 0.590. The molecule has 1 atom stereocenters. The number of aliphatic hydroxyl groups excluding tert-OH is 1. The third-order valence-electron chi connectivity index (χ3n) is 3.17. The quantitative estimate of drug-likeness (QED) is 0.815. The van der Waals surface area contributed by atoms with Crippen molar-refractivity contribution in [1.82, 2.24) is 0 Å². The normalized spacial score (nSPS) is 12.7. The lowest BCUT2D eigenvalue weighted by molar-refractivity contribution is 0.220. The fourth-order valence-corrected chi connectivity index (χ4v) is 2.54. The second kappa shape index (κ2) is 6.62. The first-order chi connectivity index (χ1) is 9.47. The van der Waals surface area contributed by atoms with Gasteiger partial charge in [0.25, 0.3) is 0 Å². The van der Waals surface area contributed by atoms with Crippen molar-refractivity contribution in [2.45, 2.75) is 26.4 Å². The van der Waals surface area contributed by atoms with Crippen molar-refractivity contribution in [2.75, 3.05) is 0 Å². The van der Waals surface area contributed by atoms with Crippen molar-refractivity contribution in [1.29, 1.82) is 0 Å². The van der Waals surface area contributed by atoms with Gasteiger partial charge in [-0.25, -0.2) is 0 Å². The van der Waals surface area contributed by atoms with E-state index in [1.165, 1.54) is 5.56 Å². The second-order valence-corrected chi connectivity index (χ2v) is 6.23. The minimum absolute atomic E-state index is 0.460. The average Bonchev–Trinajstić information content (AvgIpc) is 2.40. The molecule has 3 heteroatoms. The molecule has 0 saturated carbocycles. The summed E-state index contributed by atoms with van der Waals surface area (Å²) < 4.78 is 0. The molecule has 0 saturated heterocycles. The number of halogens is 2. The zero-order valence-corrected chi connectivity index (χ0v) is 13.1. The summed E-state index contributed by atoms with van der Waals surface area (Å²) in [5, 5.41) is 11.4. The average molecular weight is 309 g/mol. The van der Waals surface area contributed by atoms with Crippen LogP contribution in [0.4, 0.5) is 0 Å². The van der Waals surface area contributed by atoms with Gasteiger partial charge in [0.1, 0.15) is 6.10 Å². The van der Waals surface area contributed by atoms with E-state index in [-0.39, 0.29) is 0 Å². The maximum absolute atomic E-state index is 10.5. The molecule has 2 aromatic carbocycles. The Morgan fingerprint density at radius 1 is 0.950 bits per heavy atom. The third kappa shape index (κ3) is 3.76. The summed E-state index contributed by atoms with van der Waals surface area (Å²) in [6, 6.07) is 13.3. The van der Waals surface area contributed by atoms with E-state index in [2.05, 4.69) is 19.9 Å². The Balaban J connectivity index is 2.28. The predicted molar refractivity (Wildman–Crippen MR) is 85.5 cm³/mol. The highest BCUT2D eigenvalue weighted by atomic mass is 35.5. The van der Waals surface area contributed by atoms with Gasteiger partial charge in [-0.1, -0.05) is 67.4 Å². The number of hydrogen-bond acceptors (Lipinski definition) is 1. The number of hydrogen-bond donors (Lipinski definition) is 1. The van der Waals surface area contributed by atoms with Crippen molar-refractivity contribution >= 4 is 23.2 Å². The van der Waals surface area contributed by atoms with Gasteiger partial charge in [0.2, 0.25) is 0 Å². The third-order valence-corrected chi connectivity index (χ3v) is 3.91. The molecular weight excluding hydrogens is 291 g/mol. The van der Waals surface area contributed by atoms with Gasteiger partial charge in [-0.05, 0) is 41.2 Å². The molecule has 20 heavy (non-hydrogen) atoms. The molecule has 2 aromatic rings. The molecule has 0 aliphatic rings. The van der Waals surface area contributed by atoms with Crippen molar-refractivity contribution in [2.24, 2.45) is 5.92 Å². The first kappa shape index (κ1) is 15.4. The van der Waals surface area contributed by atoms with Gasteiger partial charge < -0.3 is 5.11 Å². The Morgan fingerprint density at radius 2 is 1.65 bits per heavy atom. The molecule has 106 valence electrons. The van der Waals surface area contributed by atoms with Crippen molar-refractivity contribution in [3.05, 3.63) is 69.2 Å². The Labute approximate surface area is 130 Å². The van der Waals surface area contributed by atoms with Crippen LogP contribution in [0.3, 0.4) is 0 Å². The van der Waals surface area contributed by atoms with Gasteiger partial charge >= 0.3 is 0 Å². The fraction of sp³-hybridized carbons (Fsp3) is 0.294. The zero-order valence-electron chi connectivity index (χ0n) is 11.6. The summed E-state index contributed by atoms with van der Waals surface area (Å²) in [6.07, 6.45) is 0.318. The summed E-state index contributed by atoms with van der Waals surface area (Å²) in [4.78, 5) is 0. The van der Waals surface area contributed by atoms with E-state index in [4.69, 9.17) is 23.2 Å². The Morgan fingerprint density at radius 3 is 2.30 bits per heavy atom. The molecule has 2 rings (SSSR count). The molecular formula is C17H18Cl2O. The minimum Gasteiger partial charge on any atom is -0.384 e. The Hall–Kier alpha value is -1.02. The molecule has 0 radical (unpaired) electrons. The molecule has 1 unspecified atom stereocenters. The zero-order chi connectivity index (χ0) is 14.7. The number of rotatable bonds is 4. The van der Waals surface area contributed by atoms with E-state index in [0.29, 0.717) is 16.0 Å². The lowest BCUT2D eigenvalue weighted by Gasteiger charge is -2.14. The maximum Gasteiger partial charge on any atom is 0.104 e. The predicted octanol–water partition coefficient (Wildman–Crippen LogP) is 5.27. The lowest BCUT2D eigenvalue weighted by Crippen LogP contribution is -2.02. The minimum atomic E-state index is -0.683. The van der Waals surface area contributed by atoms with E-state index >= 15 is 0 Å². The molecule has 1 N–H and O–H groups in total. The number of aliphatic hydroxyl groups is 1. The van der Waals surface area contributed by atoms with E-state index in [1.54, 1.807) is 18.2 Å². The lowest BCUT2D eigenvalue weighted by atomic mass is 9.96. The molecule has 1 nitrogen and oxygen atoms in total. The van der Waals surface area contributed by atoms with Crippen molar-refractivity contribution in [3.63, 3.8) is 0 Å². The standard InChI is InChI=1S/C17H18Cl2O/c1-11(2)8-12-4-3-5-13(9-12)17(20)14-6-7-15(18)16(19)10-14/h3-7,9-11,17,20H,8H2,1-2H3. The van der Waals surface area contributed by atoms with Crippen LogP contribution in [0.5, 0.6) is 0 Å². The van der Waals surface area contributed by atoms with Crippen LogP contribution in [0.15, 0.2) is 42.5 Å². The van der Waals surface area contributed by atoms with Gasteiger partial charge in [-0.3, -0.25) is 0 Å². The van der Waals surface area contributed by atoms with Crippen molar-refractivity contribution in [3.8, 4) is 0 Å². The smallest absolute Gasteiger partial charge is 0.104 e. The monoisotopic (exact) mass is 308 g/mol. The van der Waals surface area contributed by atoms with E-state index in [9.17, 15) is 5.11 Å². The van der Waals surface area contributed by atoms with E-state index in [1.807, 2.05) is 18.2 Å². The van der Waals surface area contributed by atoms with Crippen LogP contribution < -0.4 is 0 Å². The summed E-state index contributed by atoms with van der Waals surface area (Å²) >= 11 is 11.9. The van der Waals surface area contributed by atoms with Crippen LogP contribution in [0.1, 0.15) is 36.6 Å². The molecule has 0 spiro atoms. The molecule has 0 bridgehead atoms. The summed E-state index contributed by atoms with van der Waals surface area (Å²) in [6.45, 7) is 4.37.